The topological polar surface area (TPSA) is 12.0 Å². The highest BCUT2D eigenvalue weighted by Crippen LogP contribution is 2.25. The van der Waals surface area contributed by atoms with E-state index in [9.17, 15) is 4.39 Å². The maximum atomic E-state index is 13.6. The minimum atomic E-state index is -0.138. The zero-order valence-corrected chi connectivity index (χ0v) is 10.9. The molecule has 0 aliphatic rings. The van der Waals surface area contributed by atoms with Crippen LogP contribution in [0.4, 0.5) is 4.39 Å². The molecule has 1 aromatic heterocycles. The fraction of sp³-hybridized carbons (Fsp3) is 0.286. The molecule has 1 N–H and O–H groups in total. The van der Waals surface area contributed by atoms with Gasteiger partial charge in [0.05, 0.1) is 6.04 Å². The lowest BCUT2D eigenvalue weighted by atomic mass is 10.00. The van der Waals surface area contributed by atoms with Gasteiger partial charge in [0, 0.05) is 0 Å². The SMILES string of the molecule is CCNC(c1ccsc1)c1ccc(C)c(F)c1. The molecule has 0 bridgehead atoms. The predicted octanol–water partition coefficient (Wildman–Crippen LogP) is 3.89. The Morgan fingerprint density at radius 3 is 2.71 bits per heavy atom. The van der Waals surface area contributed by atoms with Crippen molar-refractivity contribution in [3.8, 4) is 0 Å². The number of aryl methyl sites for hydroxylation is 1. The van der Waals surface area contributed by atoms with Crippen LogP contribution in [-0.2, 0) is 0 Å². The van der Waals surface area contributed by atoms with Crippen molar-refractivity contribution >= 4 is 11.3 Å². The summed E-state index contributed by atoms with van der Waals surface area (Å²) >= 11 is 1.66. The van der Waals surface area contributed by atoms with Crippen LogP contribution in [0.2, 0.25) is 0 Å². The molecule has 0 spiro atoms. The fourth-order valence-electron chi connectivity index (χ4n) is 1.86. The van der Waals surface area contributed by atoms with Crippen molar-refractivity contribution in [1.29, 1.82) is 0 Å². The number of hydrogen-bond acceptors (Lipinski definition) is 2. The Morgan fingerprint density at radius 1 is 1.29 bits per heavy atom. The quantitative estimate of drug-likeness (QED) is 0.866. The molecule has 1 unspecified atom stereocenters. The monoisotopic (exact) mass is 249 g/mol. The summed E-state index contributed by atoms with van der Waals surface area (Å²) in [7, 11) is 0. The van der Waals surface area contributed by atoms with Crippen molar-refractivity contribution in [1.82, 2.24) is 5.32 Å². The normalized spacial score (nSPS) is 12.6. The van der Waals surface area contributed by atoms with E-state index < -0.39 is 0 Å². The standard InChI is InChI=1S/C14H16FNS/c1-3-16-14(12-6-7-17-9-12)11-5-4-10(2)13(15)8-11/h4-9,14,16H,3H2,1-2H3. The minimum Gasteiger partial charge on any atom is -0.307 e. The third kappa shape index (κ3) is 2.73. The van der Waals surface area contributed by atoms with Gasteiger partial charge in [-0.25, -0.2) is 4.39 Å². The van der Waals surface area contributed by atoms with E-state index in [2.05, 4.69) is 23.7 Å². The van der Waals surface area contributed by atoms with Gasteiger partial charge in [-0.05, 0) is 53.1 Å². The molecule has 0 radical (unpaired) electrons. The first-order chi connectivity index (χ1) is 8.22. The number of benzene rings is 1. The van der Waals surface area contributed by atoms with E-state index in [1.807, 2.05) is 17.5 Å². The Bertz CT molecular complexity index is 479. The van der Waals surface area contributed by atoms with Crippen LogP contribution in [-0.4, -0.2) is 6.54 Å². The molecular weight excluding hydrogens is 233 g/mol. The van der Waals surface area contributed by atoms with Crippen LogP contribution >= 0.6 is 11.3 Å². The van der Waals surface area contributed by atoms with Gasteiger partial charge in [0.25, 0.3) is 0 Å². The highest BCUT2D eigenvalue weighted by atomic mass is 32.1. The van der Waals surface area contributed by atoms with Crippen LogP contribution in [0.3, 0.4) is 0 Å². The van der Waals surface area contributed by atoms with Crippen molar-refractivity contribution in [2.24, 2.45) is 0 Å². The van der Waals surface area contributed by atoms with E-state index in [-0.39, 0.29) is 11.9 Å². The molecule has 1 nitrogen and oxygen atoms in total. The van der Waals surface area contributed by atoms with Crippen molar-refractivity contribution < 1.29 is 4.39 Å². The Labute approximate surface area is 105 Å². The maximum absolute atomic E-state index is 13.6. The number of hydrogen-bond donors (Lipinski definition) is 1. The van der Waals surface area contributed by atoms with Gasteiger partial charge in [0.15, 0.2) is 0 Å². The summed E-state index contributed by atoms with van der Waals surface area (Å²) in [6.07, 6.45) is 0. The van der Waals surface area contributed by atoms with Gasteiger partial charge in [-0.2, -0.15) is 11.3 Å². The van der Waals surface area contributed by atoms with Crippen molar-refractivity contribution in [2.75, 3.05) is 6.54 Å². The van der Waals surface area contributed by atoms with E-state index in [1.54, 1.807) is 24.3 Å². The second-order valence-electron chi connectivity index (χ2n) is 4.06. The molecule has 0 saturated heterocycles. The molecule has 1 aromatic carbocycles. The lowest BCUT2D eigenvalue weighted by molar-refractivity contribution is 0.598. The molecule has 0 aliphatic carbocycles. The minimum absolute atomic E-state index is 0.0846. The number of rotatable bonds is 4. The lowest BCUT2D eigenvalue weighted by Crippen LogP contribution is -2.21. The number of nitrogens with one attached hydrogen (secondary N) is 1. The second-order valence-corrected chi connectivity index (χ2v) is 4.84. The van der Waals surface area contributed by atoms with Crippen LogP contribution in [0.25, 0.3) is 0 Å². The van der Waals surface area contributed by atoms with E-state index in [0.717, 1.165) is 12.1 Å². The smallest absolute Gasteiger partial charge is 0.126 e. The summed E-state index contributed by atoms with van der Waals surface area (Å²) in [4.78, 5) is 0. The van der Waals surface area contributed by atoms with Crippen LogP contribution in [0.5, 0.6) is 0 Å². The first-order valence-electron chi connectivity index (χ1n) is 5.74. The Morgan fingerprint density at radius 2 is 2.12 bits per heavy atom. The summed E-state index contributed by atoms with van der Waals surface area (Å²) in [5.74, 6) is -0.138. The highest BCUT2D eigenvalue weighted by Gasteiger charge is 2.14. The summed E-state index contributed by atoms with van der Waals surface area (Å²) in [5.41, 5.74) is 2.86. The van der Waals surface area contributed by atoms with Crippen LogP contribution < -0.4 is 5.32 Å². The van der Waals surface area contributed by atoms with E-state index in [4.69, 9.17) is 0 Å². The largest absolute Gasteiger partial charge is 0.307 e. The zero-order chi connectivity index (χ0) is 12.3. The van der Waals surface area contributed by atoms with E-state index in [0.29, 0.717) is 5.56 Å². The summed E-state index contributed by atoms with van der Waals surface area (Å²) < 4.78 is 13.6. The lowest BCUT2D eigenvalue weighted by Gasteiger charge is -2.17. The van der Waals surface area contributed by atoms with Gasteiger partial charge in [0.1, 0.15) is 5.82 Å². The van der Waals surface area contributed by atoms with Gasteiger partial charge < -0.3 is 5.32 Å². The Hall–Kier alpha value is -1.19. The number of halogens is 1. The summed E-state index contributed by atoms with van der Waals surface area (Å²) in [6, 6.07) is 7.61. The average Bonchev–Trinajstić information content (AvgIpc) is 2.83. The molecule has 0 fully saturated rings. The van der Waals surface area contributed by atoms with Gasteiger partial charge in [-0.15, -0.1) is 0 Å². The second kappa shape index (κ2) is 5.43. The molecule has 17 heavy (non-hydrogen) atoms. The molecule has 2 rings (SSSR count). The molecule has 3 heteroatoms. The van der Waals surface area contributed by atoms with Crippen molar-refractivity contribution in [2.45, 2.75) is 19.9 Å². The summed E-state index contributed by atoms with van der Waals surface area (Å²) in [5, 5.41) is 7.54. The molecule has 1 heterocycles. The fourth-order valence-corrected chi connectivity index (χ4v) is 2.55. The first kappa shape index (κ1) is 12.3. The molecule has 90 valence electrons. The number of thiophene rings is 1. The van der Waals surface area contributed by atoms with Crippen molar-refractivity contribution in [3.05, 3.63) is 57.5 Å². The Balaban J connectivity index is 2.35. The highest BCUT2D eigenvalue weighted by molar-refractivity contribution is 7.08. The van der Waals surface area contributed by atoms with Gasteiger partial charge in [0.2, 0.25) is 0 Å². The summed E-state index contributed by atoms with van der Waals surface area (Å²) in [6.45, 7) is 4.70. The van der Waals surface area contributed by atoms with Crippen LogP contribution in [0.1, 0.15) is 29.7 Å². The van der Waals surface area contributed by atoms with Crippen LogP contribution in [0.15, 0.2) is 35.0 Å². The van der Waals surface area contributed by atoms with Gasteiger partial charge in [-0.1, -0.05) is 19.1 Å². The van der Waals surface area contributed by atoms with Crippen LogP contribution in [0, 0.1) is 12.7 Å². The van der Waals surface area contributed by atoms with Gasteiger partial charge in [-0.3, -0.25) is 0 Å². The first-order valence-corrected chi connectivity index (χ1v) is 6.68. The Kier molecular flexibility index (Phi) is 3.92. The molecular formula is C14H16FNS. The maximum Gasteiger partial charge on any atom is 0.126 e. The molecule has 2 aromatic rings. The average molecular weight is 249 g/mol. The molecule has 1 atom stereocenters. The molecule has 0 aliphatic heterocycles. The van der Waals surface area contributed by atoms with E-state index in [1.165, 1.54) is 5.56 Å². The third-order valence-corrected chi connectivity index (χ3v) is 3.52. The third-order valence-electron chi connectivity index (χ3n) is 2.81. The van der Waals surface area contributed by atoms with Gasteiger partial charge >= 0.3 is 0 Å². The predicted molar refractivity (Wildman–Crippen MR) is 71.0 cm³/mol. The molecule has 0 saturated carbocycles. The zero-order valence-electron chi connectivity index (χ0n) is 10.0. The van der Waals surface area contributed by atoms with Crippen molar-refractivity contribution in [3.63, 3.8) is 0 Å². The van der Waals surface area contributed by atoms with E-state index >= 15 is 0 Å². The molecule has 0 amide bonds.